The number of hydrogen-bond acceptors (Lipinski definition) is 6. The zero-order valence-corrected chi connectivity index (χ0v) is 19.0. The maximum atomic E-state index is 13.5. The number of hydrogen-bond donors (Lipinski definition) is 2. The number of aromatic hydroxyl groups is 1. The summed E-state index contributed by atoms with van der Waals surface area (Å²) in [4.78, 5) is 29.1. The quantitative estimate of drug-likeness (QED) is 0.247. The maximum absolute atomic E-state index is 13.5. The van der Waals surface area contributed by atoms with E-state index >= 15 is 0 Å². The lowest BCUT2D eigenvalue weighted by Crippen LogP contribution is -2.39. The van der Waals surface area contributed by atoms with Crippen LogP contribution in [0.5, 0.6) is 17.2 Å². The predicted octanol–water partition coefficient (Wildman–Crippen LogP) is 4.70. The van der Waals surface area contributed by atoms with E-state index in [0.717, 1.165) is 22.2 Å². The number of nitrogens with zero attached hydrogens (tertiary/aromatic N) is 2. The maximum Gasteiger partial charge on any atom is 0.310 e. The lowest BCUT2D eigenvalue weighted by Gasteiger charge is -2.35. The number of nitro groups is 1. The molecule has 1 aromatic heterocycles. The Kier molecular flexibility index (Phi) is 5.10. The lowest BCUT2D eigenvalue weighted by molar-refractivity contribution is -0.385. The van der Waals surface area contributed by atoms with E-state index in [0.29, 0.717) is 30.0 Å². The van der Waals surface area contributed by atoms with Crippen LogP contribution in [0.3, 0.4) is 0 Å². The minimum Gasteiger partial charge on any atom is -0.502 e. The summed E-state index contributed by atoms with van der Waals surface area (Å²) in [6, 6.07) is 17.4. The summed E-state index contributed by atoms with van der Waals surface area (Å²) in [5.41, 5.74) is 4.14. The van der Waals surface area contributed by atoms with E-state index in [-0.39, 0.29) is 24.4 Å². The average Bonchev–Trinajstić information content (AvgIpc) is 3.50. The van der Waals surface area contributed by atoms with E-state index < -0.39 is 10.7 Å². The molecule has 9 nitrogen and oxygen atoms in total. The summed E-state index contributed by atoms with van der Waals surface area (Å²) in [6.45, 7) is 0.664. The third-order valence-corrected chi connectivity index (χ3v) is 6.64. The monoisotopic (exact) mass is 483 g/mol. The summed E-state index contributed by atoms with van der Waals surface area (Å²) in [7, 11) is 0. The van der Waals surface area contributed by atoms with Crippen LogP contribution < -0.4 is 9.47 Å². The van der Waals surface area contributed by atoms with E-state index in [1.807, 2.05) is 36.4 Å². The van der Waals surface area contributed by atoms with Crippen molar-refractivity contribution in [3.8, 4) is 17.2 Å². The van der Waals surface area contributed by atoms with Crippen LogP contribution in [0.15, 0.2) is 66.7 Å². The number of rotatable bonds is 4. The van der Waals surface area contributed by atoms with Crippen molar-refractivity contribution in [3.05, 3.63) is 99.2 Å². The first kappa shape index (κ1) is 21.7. The summed E-state index contributed by atoms with van der Waals surface area (Å²) < 4.78 is 11.1. The number of H-pyrrole nitrogens is 1. The number of carbonyl (C=O) groups is 1. The number of amides is 1. The van der Waals surface area contributed by atoms with Gasteiger partial charge in [0.25, 0.3) is 0 Å². The molecule has 0 fully saturated rings. The van der Waals surface area contributed by atoms with Crippen LogP contribution in [0.4, 0.5) is 5.69 Å². The molecule has 36 heavy (non-hydrogen) atoms. The molecule has 2 aliphatic heterocycles. The highest BCUT2D eigenvalue weighted by Crippen LogP contribution is 2.42. The number of carbonyl (C=O) groups excluding carboxylic acids is 1. The van der Waals surface area contributed by atoms with Gasteiger partial charge in [0.15, 0.2) is 17.2 Å². The van der Waals surface area contributed by atoms with Crippen LogP contribution in [0.2, 0.25) is 0 Å². The Morgan fingerprint density at radius 2 is 1.94 bits per heavy atom. The van der Waals surface area contributed by atoms with Crippen LogP contribution in [0.1, 0.15) is 28.4 Å². The molecular formula is C27H21N3O6. The third-order valence-electron chi connectivity index (χ3n) is 6.64. The minimum absolute atomic E-state index is 0.161. The number of aromatic nitrogens is 1. The van der Waals surface area contributed by atoms with Crippen LogP contribution in [0.25, 0.3) is 17.0 Å². The van der Waals surface area contributed by atoms with E-state index in [1.54, 1.807) is 11.0 Å². The molecule has 0 saturated carbocycles. The fraction of sp³-hybridized carbons (Fsp3) is 0.148. The molecule has 1 atom stereocenters. The summed E-state index contributed by atoms with van der Waals surface area (Å²) in [5.74, 6) is 0.635. The first-order valence-electron chi connectivity index (χ1n) is 11.4. The predicted molar refractivity (Wildman–Crippen MR) is 132 cm³/mol. The van der Waals surface area contributed by atoms with Gasteiger partial charge in [-0.25, -0.2) is 0 Å². The Labute approximate surface area is 205 Å². The molecule has 2 aliphatic rings. The van der Waals surface area contributed by atoms with Crippen molar-refractivity contribution in [2.75, 3.05) is 13.3 Å². The number of phenolic OH excluding ortho intramolecular Hbond substituents is 1. The van der Waals surface area contributed by atoms with Gasteiger partial charge in [-0.15, -0.1) is 0 Å². The molecule has 3 heterocycles. The molecular weight excluding hydrogens is 462 g/mol. The molecule has 180 valence electrons. The fourth-order valence-electron chi connectivity index (χ4n) is 4.97. The van der Waals surface area contributed by atoms with E-state index in [2.05, 4.69) is 11.1 Å². The van der Waals surface area contributed by atoms with E-state index in [1.165, 1.54) is 29.8 Å². The normalized spacial score (nSPS) is 16.4. The smallest absolute Gasteiger partial charge is 0.310 e. The number of fused-ring (bicyclic) bond motifs is 4. The van der Waals surface area contributed by atoms with Gasteiger partial charge in [0, 0.05) is 35.3 Å². The first-order valence-corrected chi connectivity index (χ1v) is 11.4. The first-order chi connectivity index (χ1) is 17.5. The van der Waals surface area contributed by atoms with Gasteiger partial charge in [-0.05, 0) is 59.5 Å². The van der Waals surface area contributed by atoms with E-state index in [9.17, 15) is 20.0 Å². The average molecular weight is 483 g/mol. The second-order valence-corrected chi connectivity index (χ2v) is 8.70. The number of aromatic amines is 1. The Morgan fingerprint density at radius 3 is 2.78 bits per heavy atom. The highest BCUT2D eigenvalue weighted by atomic mass is 16.7. The van der Waals surface area contributed by atoms with Gasteiger partial charge in [0.2, 0.25) is 12.7 Å². The fourth-order valence-corrected chi connectivity index (χ4v) is 4.97. The molecule has 0 bridgehead atoms. The van der Waals surface area contributed by atoms with Gasteiger partial charge in [0.1, 0.15) is 0 Å². The zero-order chi connectivity index (χ0) is 24.8. The molecule has 3 aromatic carbocycles. The molecule has 0 aliphatic carbocycles. The highest BCUT2D eigenvalue weighted by Gasteiger charge is 2.34. The number of phenols is 1. The van der Waals surface area contributed by atoms with Crippen molar-refractivity contribution in [3.63, 3.8) is 0 Å². The number of nitrogens with one attached hydrogen (secondary N) is 1. The number of ether oxygens (including phenoxy) is 2. The summed E-state index contributed by atoms with van der Waals surface area (Å²) in [5, 5.41) is 22.0. The zero-order valence-electron chi connectivity index (χ0n) is 19.0. The van der Waals surface area contributed by atoms with Crippen molar-refractivity contribution >= 4 is 28.6 Å². The van der Waals surface area contributed by atoms with Crippen LogP contribution in [0, 0.1) is 10.1 Å². The second-order valence-electron chi connectivity index (χ2n) is 8.70. The van der Waals surface area contributed by atoms with Gasteiger partial charge < -0.3 is 24.5 Å². The highest BCUT2D eigenvalue weighted by molar-refractivity contribution is 5.93. The number of nitro benzene ring substituents is 1. The Balaban J connectivity index is 1.38. The van der Waals surface area contributed by atoms with Crippen molar-refractivity contribution in [1.82, 2.24) is 9.88 Å². The molecule has 1 unspecified atom stereocenters. The Hall–Kier alpha value is -4.79. The molecule has 1 amide bonds. The number of para-hydroxylation sites is 1. The molecule has 0 saturated heterocycles. The lowest BCUT2D eigenvalue weighted by atomic mass is 9.92. The molecule has 4 aromatic rings. The molecule has 0 spiro atoms. The molecule has 9 heteroatoms. The van der Waals surface area contributed by atoms with Crippen LogP contribution >= 0.6 is 0 Å². The second kappa shape index (κ2) is 8.46. The van der Waals surface area contributed by atoms with E-state index in [4.69, 9.17) is 9.47 Å². The standard InChI is InChI=1S/C27H21N3O6/c31-22-13-16(5-8-21(22)30(33)34)6-10-25(32)29-12-11-19-18-3-1-2-4-20(18)28-26(19)27(29)17-7-9-23-24(14-17)36-15-35-23/h1-10,13-14,27-28,31H,11-12,15H2/b10-6+. The van der Waals surface area contributed by atoms with Crippen LogP contribution in [-0.2, 0) is 11.2 Å². The van der Waals surface area contributed by atoms with Gasteiger partial charge in [-0.1, -0.05) is 24.3 Å². The Bertz CT molecular complexity index is 1560. The van der Waals surface area contributed by atoms with Gasteiger partial charge in [-0.3, -0.25) is 14.9 Å². The van der Waals surface area contributed by atoms with Crippen LogP contribution in [-0.4, -0.2) is 39.2 Å². The molecule has 0 radical (unpaired) electrons. The third kappa shape index (κ3) is 3.61. The van der Waals surface area contributed by atoms with Crippen molar-refractivity contribution in [2.24, 2.45) is 0 Å². The molecule has 2 N–H and O–H groups in total. The molecule has 6 rings (SSSR count). The topological polar surface area (TPSA) is 118 Å². The van der Waals surface area contributed by atoms with Crippen molar-refractivity contribution < 1.29 is 24.3 Å². The van der Waals surface area contributed by atoms with Gasteiger partial charge in [-0.2, -0.15) is 0 Å². The Morgan fingerprint density at radius 1 is 1.11 bits per heavy atom. The largest absolute Gasteiger partial charge is 0.502 e. The summed E-state index contributed by atoms with van der Waals surface area (Å²) >= 11 is 0. The van der Waals surface area contributed by atoms with Gasteiger partial charge in [0.05, 0.1) is 11.0 Å². The van der Waals surface area contributed by atoms with Gasteiger partial charge >= 0.3 is 5.69 Å². The van der Waals surface area contributed by atoms with Crippen molar-refractivity contribution in [2.45, 2.75) is 12.5 Å². The minimum atomic E-state index is -0.657. The summed E-state index contributed by atoms with van der Waals surface area (Å²) in [6.07, 6.45) is 3.66. The number of benzene rings is 3. The SMILES string of the molecule is O=C(/C=C/c1ccc([N+](=O)[O-])c(O)c1)N1CCc2c([nH]c3ccccc23)C1c1ccc2c(c1)OCO2. The van der Waals surface area contributed by atoms with Crippen molar-refractivity contribution in [1.29, 1.82) is 0 Å².